The van der Waals surface area contributed by atoms with E-state index in [-0.39, 0.29) is 36.3 Å². The lowest BCUT2D eigenvalue weighted by Gasteiger charge is -2.43. The van der Waals surface area contributed by atoms with Gasteiger partial charge in [-0.25, -0.2) is 4.79 Å². The van der Waals surface area contributed by atoms with Crippen molar-refractivity contribution in [3.8, 4) is 0 Å². The number of hydrogen-bond donors (Lipinski definition) is 1. The highest BCUT2D eigenvalue weighted by Crippen LogP contribution is 2.23. The van der Waals surface area contributed by atoms with Crippen molar-refractivity contribution in [1.29, 1.82) is 0 Å². The lowest BCUT2D eigenvalue weighted by atomic mass is 10.0. The molecule has 3 aliphatic rings. The summed E-state index contributed by atoms with van der Waals surface area (Å²) in [5, 5.41) is 2.26. The van der Waals surface area contributed by atoms with Crippen LogP contribution >= 0.6 is 0 Å². The van der Waals surface area contributed by atoms with E-state index >= 15 is 0 Å². The van der Waals surface area contributed by atoms with Crippen LogP contribution in [-0.4, -0.2) is 100 Å². The van der Waals surface area contributed by atoms with Gasteiger partial charge in [0.2, 0.25) is 11.8 Å². The fourth-order valence-electron chi connectivity index (χ4n) is 4.21. The predicted octanol–water partition coefficient (Wildman–Crippen LogP) is -0.140. The van der Waals surface area contributed by atoms with Crippen LogP contribution in [0.5, 0.6) is 0 Å². The van der Waals surface area contributed by atoms with Crippen LogP contribution in [0.2, 0.25) is 0 Å². The van der Waals surface area contributed by atoms with Gasteiger partial charge in [-0.1, -0.05) is 0 Å². The Labute approximate surface area is 166 Å². The van der Waals surface area contributed by atoms with E-state index in [1.165, 1.54) is 4.90 Å². The third-order valence-electron chi connectivity index (χ3n) is 6.17. The van der Waals surface area contributed by atoms with E-state index < -0.39 is 11.6 Å². The number of imide groups is 1. The highest BCUT2D eigenvalue weighted by atomic mass is 16.2. The molecule has 28 heavy (non-hydrogen) atoms. The Bertz CT molecular complexity index is 669. The smallest absolute Gasteiger partial charge is 0.325 e. The van der Waals surface area contributed by atoms with Crippen LogP contribution in [0.4, 0.5) is 4.79 Å². The molecular weight excluding hydrogens is 362 g/mol. The standard InChI is InChI=1S/C19H31N5O4/c1-13(2)23-7-5-6-14(16(23)26)21-8-10-22(11-9-21)15(25)12-24-18(28)20-17(27)19(24,3)4/h13-14H,5-12H2,1-4H3,(H,20,27,28)/t14-/m1/s1. The maximum atomic E-state index is 12.8. The number of carbonyl (C=O) groups excluding carboxylic acids is 4. The number of nitrogens with zero attached hydrogens (tertiary/aromatic N) is 4. The van der Waals surface area contributed by atoms with Gasteiger partial charge < -0.3 is 14.7 Å². The van der Waals surface area contributed by atoms with Crippen LogP contribution in [0.3, 0.4) is 0 Å². The number of urea groups is 1. The molecular formula is C19H31N5O4. The van der Waals surface area contributed by atoms with Gasteiger partial charge in [-0.3, -0.25) is 24.6 Å². The average Bonchev–Trinajstić information content (AvgIpc) is 2.83. The van der Waals surface area contributed by atoms with Gasteiger partial charge in [-0.2, -0.15) is 0 Å². The average molecular weight is 393 g/mol. The zero-order chi connectivity index (χ0) is 20.6. The molecule has 1 atom stereocenters. The molecule has 9 nitrogen and oxygen atoms in total. The van der Waals surface area contributed by atoms with Gasteiger partial charge in [0.05, 0.1) is 6.04 Å². The van der Waals surface area contributed by atoms with Crippen molar-refractivity contribution >= 4 is 23.8 Å². The normalized spacial score (nSPS) is 26.2. The number of rotatable bonds is 4. The minimum Gasteiger partial charge on any atom is -0.339 e. The molecule has 9 heteroatoms. The van der Waals surface area contributed by atoms with Crippen molar-refractivity contribution in [3.63, 3.8) is 0 Å². The summed E-state index contributed by atoms with van der Waals surface area (Å²) in [6.45, 7) is 10.4. The molecule has 0 spiro atoms. The summed E-state index contributed by atoms with van der Waals surface area (Å²) in [7, 11) is 0. The molecule has 3 fully saturated rings. The largest absolute Gasteiger partial charge is 0.339 e. The third-order valence-corrected chi connectivity index (χ3v) is 6.17. The number of amides is 5. The van der Waals surface area contributed by atoms with Crippen LogP contribution < -0.4 is 5.32 Å². The first-order valence-electron chi connectivity index (χ1n) is 10.1. The first-order chi connectivity index (χ1) is 13.1. The van der Waals surface area contributed by atoms with Crippen LogP contribution in [0.15, 0.2) is 0 Å². The van der Waals surface area contributed by atoms with Crippen molar-refractivity contribution in [2.45, 2.75) is 58.2 Å². The summed E-state index contributed by atoms with van der Waals surface area (Å²) in [5.41, 5.74) is -1.02. The molecule has 3 rings (SSSR count). The van der Waals surface area contributed by atoms with E-state index in [1.54, 1.807) is 18.7 Å². The Morgan fingerprint density at radius 1 is 1.11 bits per heavy atom. The Morgan fingerprint density at radius 3 is 2.29 bits per heavy atom. The highest BCUT2D eigenvalue weighted by molar-refractivity contribution is 6.07. The van der Waals surface area contributed by atoms with Gasteiger partial charge in [0.25, 0.3) is 5.91 Å². The Kier molecular flexibility index (Phi) is 5.65. The Morgan fingerprint density at radius 2 is 1.75 bits per heavy atom. The predicted molar refractivity (Wildman–Crippen MR) is 102 cm³/mol. The molecule has 5 amide bonds. The topological polar surface area (TPSA) is 93.3 Å². The van der Waals surface area contributed by atoms with Crippen LogP contribution in [-0.2, 0) is 14.4 Å². The molecule has 0 bridgehead atoms. The second kappa shape index (κ2) is 7.69. The molecule has 156 valence electrons. The molecule has 0 saturated carbocycles. The maximum Gasteiger partial charge on any atom is 0.325 e. The van der Waals surface area contributed by atoms with E-state index in [0.717, 1.165) is 19.4 Å². The lowest BCUT2D eigenvalue weighted by molar-refractivity contribution is -0.144. The van der Waals surface area contributed by atoms with E-state index in [4.69, 9.17) is 0 Å². The SMILES string of the molecule is CC(C)N1CCC[C@@H](N2CCN(C(=O)CN3C(=O)NC(=O)C3(C)C)CC2)C1=O. The molecule has 0 unspecified atom stereocenters. The number of likely N-dealkylation sites (tertiary alicyclic amines) is 1. The van der Waals surface area contributed by atoms with Gasteiger partial charge >= 0.3 is 6.03 Å². The minimum absolute atomic E-state index is 0.102. The number of piperazine rings is 1. The first-order valence-corrected chi connectivity index (χ1v) is 10.1. The van der Waals surface area contributed by atoms with Gasteiger partial charge in [-0.05, 0) is 40.5 Å². The van der Waals surface area contributed by atoms with Gasteiger partial charge in [0, 0.05) is 38.8 Å². The second-order valence-corrected chi connectivity index (χ2v) is 8.60. The summed E-state index contributed by atoms with van der Waals surface area (Å²) < 4.78 is 0. The fraction of sp³-hybridized carbons (Fsp3) is 0.789. The monoisotopic (exact) mass is 393 g/mol. The molecule has 0 aromatic carbocycles. The summed E-state index contributed by atoms with van der Waals surface area (Å²) in [6.07, 6.45) is 1.86. The Hall–Kier alpha value is -2.16. The molecule has 0 aromatic heterocycles. The molecule has 3 aliphatic heterocycles. The maximum absolute atomic E-state index is 12.8. The number of piperidine rings is 1. The Balaban J connectivity index is 1.55. The van der Waals surface area contributed by atoms with E-state index in [9.17, 15) is 19.2 Å². The van der Waals surface area contributed by atoms with Crippen LogP contribution in [0.25, 0.3) is 0 Å². The van der Waals surface area contributed by atoms with Crippen molar-refractivity contribution in [1.82, 2.24) is 24.9 Å². The van der Waals surface area contributed by atoms with Crippen molar-refractivity contribution in [2.24, 2.45) is 0 Å². The van der Waals surface area contributed by atoms with Gasteiger partial charge in [-0.15, -0.1) is 0 Å². The molecule has 3 heterocycles. The van der Waals surface area contributed by atoms with Gasteiger partial charge in [0.1, 0.15) is 12.1 Å². The molecule has 3 saturated heterocycles. The van der Waals surface area contributed by atoms with Crippen LogP contribution in [0, 0.1) is 0 Å². The van der Waals surface area contributed by atoms with Crippen molar-refractivity contribution in [3.05, 3.63) is 0 Å². The molecule has 0 aliphatic carbocycles. The van der Waals surface area contributed by atoms with E-state index in [1.807, 2.05) is 18.7 Å². The van der Waals surface area contributed by atoms with Gasteiger partial charge in [0.15, 0.2) is 0 Å². The first kappa shape index (κ1) is 20.6. The fourth-order valence-corrected chi connectivity index (χ4v) is 4.21. The second-order valence-electron chi connectivity index (χ2n) is 8.60. The number of hydrogen-bond acceptors (Lipinski definition) is 5. The van der Waals surface area contributed by atoms with Crippen molar-refractivity contribution in [2.75, 3.05) is 39.3 Å². The highest BCUT2D eigenvalue weighted by Gasteiger charge is 2.46. The van der Waals surface area contributed by atoms with Crippen molar-refractivity contribution < 1.29 is 19.2 Å². The molecule has 1 N–H and O–H groups in total. The summed E-state index contributed by atoms with van der Waals surface area (Å²) >= 11 is 0. The third kappa shape index (κ3) is 3.72. The minimum atomic E-state index is -1.02. The van der Waals surface area contributed by atoms with E-state index in [2.05, 4.69) is 10.2 Å². The molecule has 0 aromatic rings. The number of carbonyl (C=O) groups is 4. The van der Waals surface area contributed by atoms with E-state index in [0.29, 0.717) is 26.2 Å². The number of nitrogens with one attached hydrogen (secondary N) is 1. The summed E-state index contributed by atoms with van der Waals surface area (Å²) in [6, 6.07) is -0.422. The zero-order valence-corrected chi connectivity index (χ0v) is 17.2. The summed E-state index contributed by atoms with van der Waals surface area (Å²) in [4.78, 5) is 56.4. The molecule has 0 radical (unpaired) electrons. The quantitative estimate of drug-likeness (QED) is 0.671. The van der Waals surface area contributed by atoms with Crippen LogP contribution in [0.1, 0.15) is 40.5 Å². The summed E-state index contributed by atoms with van der Waals surface area (Å²) in [5.74, 6) is -0.369. The zero-order valence-electron chi connectivity index (χ0n) is 17.2. The lowest BCUT2D eigenvalue weighted by Crippen LogP contribution is -2.60.